The maximum absolute atomic E-state index is 5.57. The Morgan fingerprint density at radius 3 is 2.33 bits per heavy atom. The fourth-order valence-corrected chi connectivity index (χ4v) is 2.82. The Labute approximate surface area is 128 Å². The summed E-state index contributed by atoms with van der Waals surface area (Å²) in [5.41, 5.74) is 6.18. The standard InChI is InChI=1S/C19H25NO/c1-6-20-15(4)16-7-9-17(10-8-16)19-14(3)11-13(2)12-18(19)21-5/h7-12,15,20H,6H2,1-5H3. The molecule has 0 aliphatic carbocycles. The van der Waals surface area contributed by atoms with Crippen LogP contribution in [0, 0.1) is 13.8 Å². The van der Waals surface area contributed by atoms with Crippen LogP contribution in [0.2, 0.25) is 0 Å². The van der Waals surface area contributed by atoms with E-state index in [1.165, 1.54) is 27.8 Å². The van der Waals surface area contributed by atoms with Crippen LogP contribution in [-0.2, 0) is 0 Å². The highest BCUT2D eigenvalue weighted by Crippen LogP contribution is 2.34. The largest absolute Gasteiger partial charge is 0.496 e. The van der Waals surface area contributed by atoms with Crippen LogP contribution in [0.25, 0.3) is 11.1 Å². The Morgan fingerprint density at radius 2 is 1.76 bits per heavy atom. The van der Waals surface area contributed by atoms with Gasteiger partial charge in [0.25, 0.3) is 0 Å². The van der Waals surface area contributed by atoms with Crippen LogP contribution in [0.3, 0.4) is 0 Å². The molecule has 0 bridgehead atoms. The summed E-state index contributed by atoms with van der Waals surface area (Å²) < 4.78 is 5.57. The summed E-state index contributed by atoms with van der Waals surface area (Å²) in [7, 11) is 1.74. The number of rotatable bonds is 5. The molecule has 112 valence electrons. The Bertz CT molecular complexity index is 602. The highest BCUT2D eigenvalue weighted by molar-refractivity contribution is 5.74. The zero-order valence-corrected chi connectivity index (χ0v) is 13.7. The van der Waals surface area contributed by atoms with Gasteiger partial charge in [-0.05, 0) is 55.6 Å². The van der Waals surface area contributed by atoms with Gasteiger partial charge in [-0.25, -0.2) is 0 Å². The van der Waals surface area contributed by atoms with Crippen molar-refractivity contribution in [1.82, 2.24) is 5.32 Å². The van der Waals surface area contributed by atoms with Gasteiger partial charge in [0.15, 0.2) is 0 Å². The van der Waals surface area contributed by atoms with Gasteiger partial charge in [-0.2, -0.15) is 0 Å². The van der Waals surface area contributed by atoms with Crippen molar-refractivity contribution >= 4 is 0 Å². The van der Waals surface area contributed by atoms with Crippen LogP contribution in [-0.4, -0.2) is 13.7 Å². The summed E-state index contributed by atoms with van der Waals surface area (Å²) >= 11 is 0. The molecule has 0 spiro atoms. The van der Waals surface area contributed by atoms with Crippen LogP contribution >= 0.6 is 0 Å². The van der Waals surface area contributed by atoms with Crippen molar-refractivity contribution in [1.29, 1.82) is 0 Å². The highest BCUT2D eigenvalue weighted by atomic mass is 16.5. The Morgan fingerprint density at radius 1 is 1.10 bits per heavy atom. The predicted octanol–water partition coefficient (Wildman–Crippen LogP) is 4.65. The first kappa shape index (κ1) is 15.6. The van der Waals surface area contributed by atoms with E-state index in [1.54, 1.807) is 7.11 Å². The fourth-order valence-electron chi connectivity index (χ4n) is 2.82. The molecular weight excluding hydrogens is 258 g/mol. The SMILES string of the molecule is CCNC(C)c1ccc(-c2c(C)cc(C)cc2OC)cc1. The molecule has 2 nitrogen and oxygen atoms in total. The molecule has 1 unspecified atom stereocenters. The lowest BCUT2D eigenvalue weighted by atomic mass is 9.95. The molecule has 0 saturated heterocycles. The first-order chi connectivity index (χ1) is 10.1. The molecule has 0 aliphatic heterocycles. The van der Waals surface area contributed by atoms with E-state index >= 15 is 0 Å². The van der Waals surface area contributed by atoms with Crippen molar-refractivity contribution in [3.05, 3.63) is 53.1 Å². The molecule has 2 aromatic rings. The zero-order chi connectivity index (χ0) is 15.4. The molecule has 0 aliphatic rings. The summed E-state index contributed by atoms with van der Waals surface area (Å²) in [6.45, 7) is 9.54. The third kappa shape index (κ3) is 3.45. The van der Waals surface area contributed by atoms with Crippen molar-refractivity contribution in [2.24, 2.45) is 0 Å². The molecule has 0 aromatic heterocycles. The molecule has 0 amide bonds. The van der Waals surface area contributed by atoms with Gasteiger partial charge in [0.1, 0.15) is 5.75 Å². The van der Waals surface area contributed by atoms with E-state index in [-0.39, 0.29) is 0 Å². The monoisotopic (exact) mass is 283 g/mol. The second-order valence-corrected chi connectivity index (χ2v) is 5.56. The maximum Gasteiger partial charge on any atom is 0.127 e. The molecule has 0 saturated carbocycles. The molecular formula is C19H25NO. The summed E-state index contributed by atoms with van der Waals surface area (Å²) in [4.78, 5) is 0. The average molecular weight is 283 g/mol. The Hall–Kier alpha value is -1.80. The molecule has 0 radical (unpaired) electrons. The lowest BCUT2D eigenvalue weighted by Crippen LogP contribution is -2.17. The Balaban J connectivity index is 2.39. The van der Waals surface area contributed by atoms with Gasteiger partial charge in [0.05, 0.1) is 7.11 Å². The summed E-state index contributed by atoms with van der Waals surface area (Å²) in [5.74, 6) is 0.944. The van der Waals surface area contributed by atoms with E-state index in [0.29, 0.717) is 6.04 Å². The number of nitrogens with one attached hydrogen (secondary N) is 1. The van der Waals surface area contributed by atoms with E-state index in [1.807, 2.05) is 0 Å². The first-order valence-electron chi connectivity index (χ1n) is 7.55. The minimum Gasteiger partial charge on any atom is -0.496 e. The second-order valence-electron chi connectivity index (χ2n) is 5.56. The van der Waals surface area contributed by atoms with E-state index in [4.69, 9.17) is 4.74 Å². The topological polar surface area (TPSA) is 21.3 Å². The first-order valence-corrected chi connectivity index (χ1v) is 7.55. The van der Waals surface area contributed by atoms with Crippen LogP contribution in [0.1, 0.15) is 36.6 Å². The highest BCUT2D eigenvalue weighted by Gasteiger charge is 2.11. The minimum atomic E-state index is 0.380. The number of benzene rings is 2. The Kier molecular flexibility index (Phi) is 5.03. The number of hydrogen-bond donors (Lipinski definition) is 1. The third-order valence-corrected chi connectivity index (χ3v) is 3.87. The summed E-state index contributed by atoms with van der Waals surface area (Å²) in [6, 6.07) is 13.4. The quantitative estimate of drug-likeness (QED) is 0.862. The normalized spacial score (nSPS) is 12.2. The summed E-state index contributed by atoms with van der Waals surface area (Å²) in [5, 5.41) is 3.44. The van der Waals surface area contributed by atoms with Gasteiger partial charge in [0.2, 0.25) is 0 Å². The molecule has 0 fully saturated rings. The molecule has 21 heavy (non-hydrogen) atoms. The number of methoxy groups -OCH3 is 1. The third-order valence-electron chi connectivity index (χ3n) is 3.87. The molecule has 2 aromatic carbocycles. The van der Waals surface area contributed by atoms with Gasteiger partial charge in [-0.3, -0.25) is 0 Å². The molecule has 2 rings (SSSR count). The predicted molar refractivity (Wildman–Crippen MR) is 90.0 cm³/mol. The van der Waals surface area contributed by atoms with Gasteiger partial charge < -0.3 is 10.1 Å². The molecule has 1 N–H and O–H groups in total. The van der Waals surface area contributed by atoms with Crippen molar-refractivity contribution in [2.45, 2.75) is 33.7 Å². The zero-order valence-electron chi connectivity index (χ0n) is 13.7. The number of ether oxygens (including phenoxy) is 1. The van der Waals surface area contributed by atoms with E-state index in [2.05, 4.69) is 69.4 Å². The number of hydrogen-bond acceptors (Lipinski definition) is 2. The lowest BCUT2D eigenvalue weighted by Gasteiger charge is -2.16. The van der Waals surface area contributed by atoms with Crippen molar-refractivity contribution in [3.63, 3.8) is 0 Å². The second kappa shape index (κ2) is 6.77. The van der Waals surface area contributed by atoms with Crippen LogP contribution in [0.15, 0.2) is 36.4 Å². The molecule has 0 heterocycles. The van der Waals surface area contributed by atoms with E-state index in [9.17, 15) is 0 Å². The molecule has 1 atom stereocenters. The van der Waals surface area contributed by atoms with Crippen molar-refractivity contribution in [3.8, 4) is 16.9 Å². The van der Waals surface area contributed by atoms with Crippen molar-refractivity contribution in [2.75, 3.05) is 13.7 Å². The van der Waals surface area contributed by atoms with E-state index in [0.717, 1.165) is 12.3 Å². The fraction of sp³-hybridized carbons (Fsp3) is 0.368. The maximum atomic E-state index is 5.57. The lowest BCUT2D eigenvalue weighted by molar-refractivity contribution is 0.416. The van der Waals surface area contributed by atoms with Gasteiger partial charge in [-0.15, -0.1) is 0 Å². The summed E-state index contributed by atoms with van der Waals surface area (Å²) in [6.07, 6.45) is 0. The van der Waals surface area contributed by atoms with E-state index < -0.39 is 0 Å². The van der Waals surface area contributed by atoms with Gasteiger partial charge in [0, 0.05) is 11.6 Å². The van der Waals surface area contributed by atoms with Crippen LogP contribution < -0.4 is 10.1 Å². The average Bonchev–Trinajstić information content (AvgIpc) is 2.47. The number of aryl methyl sites for hydroxylation is 2. The van der Waals surface area contributed by atoms with Gasteiger partial charge >= 0.3 is 0 Å². The van der Waals surface area contributed by atoms with Crippen LogP contribution in [0.5, 0.6) is 5.75 Å². The van der Waals surface area contributed by atoms with Crippen LogP contribution in [0.4, 0.5) is 0 Å². The minimum absolute atomic E-state index is 0.380. The van der Waals surface area contributed by atoms with Gasteiger partial charge in [-0.1, -0.05) is 37.3 Å². The molecule has 2 heteroatoms. The van der Waals surface area contributed by atoms with Crippen molar-refractivity contribution < 1.29 is 4.74 Å². The smallest absolute Gasteiger partial charge is 0.127 e.